The van der Waals surface area contributed by atoms with Gasteiger partial charge in [-0.15, -0.1) is 0 Å². The monoisotopic (exact) mass is 374 g/mol. The Balaban J connectivity index is 1.75. The first-order valence-electron chi connectivity index (χ1n) is 8.49. The summed E-state index contributed by atoms with van der Waals surface area (Å²) in [5, 5.41) is 13.6. The van der Waals surface area contributed by atoms with Crippen LogP contribution in [0.15, 0.2) is 48.7 Å². The number of para-hydroxylation sites is 1. The molecule has 0 bridgehead atoms. The molecule has 1 amide bonds. The molecule has 27 heavy (non-hydrogen) atoms. The third-order valence-electron chi connectivity index (χ3n) is 4.35. The first-order valence-corrected chi connectivity index (χ1v) is 8.49. The third-order valence-corrected chi connectivity index (χ3v) is 4.35. The van der Waals surface area contributed by atoms with Gasteiger partial charge in [0.1, 0.15) is 0 Å². The Hall–Kier alpha value is -2.77. The number of aliphatic hydroxyl groups is 1. The van der Waals surface area contributed by atoms with Gasteiger partial charge in [0.2, 0.25) is 0 Å². The molecule has 0 unspecified atom stereocenters. The summed E-state index contributed by atoms with van der Waals surface area (Å²) in [4.78, 5) is 12.6. The van der Waals surface area contributed by atoms with Crippen molar-refractivity contribution in [2.75, 3.05) is 20.3 Å². The Morgan fingerprint density at radius 2 is 2.00 bits per heavy atom. The summed E-state index contributed by atoms with van der Waals surface area (Å²) in [6, 6.07) is 10.6. The minimum atomic E-state index is -1.15. The number of benzene rings is 2. The summed E-state index contributed by atoms with van der Waals surface area (Å²) < 4.78 is 33.3. The van der Waals surface area contributed by atoms with Crippen LogP contribution in [0.3, 0.4) is 0 Å². The molecule has 0 saturated heterocycles. The number of amides is 1. The van der Waals surface area contributed by atoms with E-state index in [-0.39, 0.29) is 18.0 Å². The highest BCUT2D eigenvalue weighted by Gasteiger charge is 2.17. The lowest BCUT2D eigenvalue weighted by Crippen LogP contribution is -2.28. The molecule has 5 nitrogen and oxygen atoms in total. The molecule has 1 heterocycles. The van der Waals surface area contributed by atoms with Crippen LogP contribution in [-0.2, 0) is 11.3 Å². The van der Waals surface area contributed by atoms with Crippen molar-refractivity contribution >= 4 is 16.8 Å². The molecule has 0 aliphatic heterocycles. The van der Waals surface area contributed by atoms with Crippen molar-refractivity contribution in [3.8, 4) is 0 Å². The van der Waals surface area contributed by atoms with Crippen molar-refractivity contribution in [3.63, 3.8) is 0 Å². The number of halogens is 2. The zero-order valence-corrected chi connectivity index (χ0v) is 14.8. The lowest BCUT2D eigenvalue weighted by molar-refractivity contribution is 0.0917. The molecule has 1 atom stereocenters. The van der Waals surface area contributed by atoms with Crippen LogP contribution in [0.5, 0.6) is 0 Å². The first kappa shape index (κ1) is 19.0. The number of aromatic nitrogens is 1. The van der Waals surface area contributed by atoms with Crippen LogP contribution in [0.1, 0.15) is 22.0 Å². The highest BCUT2D eigenvalue weighted by Crippen LogP contribution is 2.22. The molecule has 0 fully saturated rings. The fourth-order valence-corrected chi connectivity index (χ4v) is 2.92. The molecule has 3 rings (SSSR count). The average Bonchev–Trinajstić information content (AvgIpc) is 3.05. The highest BCUT2D eigenvalue weighted by atomic mass is 19.2. The van der Waals surface area contributed by atoms with E-state index in [1.807, 2.05) is 28.8 Å². The summed E-state index contributed by atoms with van der Waals surface area (Å²) in [5.74, 6) is -2.39. The fourth-order valence-electron chi connectivity index (χ4n) is 2.92. The van der Waals surface area contributed by atoms with Crippen LogP contribution in [0, 0.1) is 11.6 Å². The van der Waals surface area contributed by atoms with Gasteiger partial charge in [-0.3, -0.25) is 4.79 Å². The maximum atomic E-state index is 13.3. The SMILES string of the molecule is COCCn1cc(C(=O)NC[C@H](O)c2ccc(F)c(F)c2)c2ccccc21. The number of nitrogens with one attached hydrogen (secondary N) is 1. The molecular formula is C20H20F2N2O3. The van der Waals surface area contributed by atoms with E-state index in [1.54, 1.807) is 13.3 Å². The number of rotatable bonds is 7. The number of carbonyl (C=O) groups is 1. The maximum Gasteiger partial charge on any atom is 0.253 e. The summed E-state index contributed by atoms with van der Waals surface area (Å²) in [5.41, 5.74) is 1.57. The molecule has 0 radical (unpaired) electrons. The van der Waals surface area contributed by atoms with Crippen LogP contribution in [-0.4, -0.2) is 35.8 Å². The Labute approximate surface area is 155 Å². The Kier molecular flexibility index (Phi) is 5.83. The molecule has 2 aromatic carbocycles. The topological polar surface area (TPSA) is 63.5 Å². The second kappa shape index (κ2) is 8.28. The third kappa shape index (κ3) is 4.15. The predicted molar refractivity (Wildman–Crippen MR) is 97.5 cm³/mol. The van der Waals surface area contributed by atoms with Crippen molar-refractivity contribution in [1.29, 1.82) is 0 Å². The number of aliphatic hydroxyl groups excluding tert-OH is 1. The quantitative estimate of drug-likeness (QED) is 0.668. The molecule has 0 aliphatic rings. The van der Waals surface area contributed by atoms with Gasteiger partial charge < -0.3 is 19.7 Å². The zero-order valence-electron chi connectivity index (χ0n) is 14.8. The minimum absolute atomic E-state index is 0.124. The van der Waals surface area contributed by atoms with Gasteiger partial charge in [-0.05, 0) is 23.8 Å². The van der Waals surface area contributed by atoms with Crippen molar-refractivity contribution in [1.82, 2.24) is 9.88 Å². The average molecular weight is 374 g/mol. The number of hydrogen-bond donors (Lipinski definition) is 2. The van der Waals surface area contributed by atoms with Gasteiger partial charge in [-0.2, -0.15) is 0 Å². The number of methoxy groups -OCH3 is 1. The number of carbonyl (C=O) groups excluding carboxylic acids is 1. The van der Waals surface area contributed by atoms with Gasteiger partial charge in [-0.1, -0.05) is 24.3 Å². The Morgan fingerprint density at radius 3 is 2.74 bits per heavy atom. The Morgan fingerprint density at radius 1 is 1.22 bits per heavy atom. The Bertz CT molecular complexity index is 956. The van der Waals surface area contributed by atoms with Crippen LogP contribution in [0.25, 0.3) is 10.9 Å². The van der Waals surface area contributed by atoms with E-state index in [1.165, 1.54) is 6.07 Å². The molecule has 0 saturated carbocycles. The van der Waals surface area contributed by atoms with E-state index < -0.39 is 17.7 Å². The van der Waals surface area contributed by atoms with E-state index in [0.29, 0.717) is 18.7 Å². The molecule has 2 N–H and O–H groups in total. The summed E-state index contributed by atoms with van der Waals surface area (Å²) in [6.45, 7) is 0.984. The second-order valence-corrected chi connectivity index (χ2v) is 6.15. The minimum Gasteiger partial charge on any atom is -0.387 e. The predicted octanol–water partition coefficient (Wildman–Crippen LogP) is 3.03. The standard InChI is InChI=1S/C20H20F2N2O3/c1-27-9-8-24-12-15(14-4-2-3-5-18(14)24)20(26)23-11-19(25)13-6-7-16(21)17(22)10-13/h2-7,10,12,19,25H,8-9,11H2,1H3,(H,23,26)/t19-/m0/s1. The van der Waals surface area contributed by atoms with Crippen molar-refractivity contribution in [2.45, 2.75) is 12.6 Å². The zero-order chi connectivity index (χ0) is 19.4. The number of hydrogen-bond acceptors (Lipinski definition) is 3. The normalized spacial score (nSPS) is 12.3. The van der Waals surface area contributed by atoms with Gasteiger partial charge in [0.15, 0.2) is 11.6 Å². The molecule has 1 aromatic heterocycles. The molecule has 0 spiro atoms. The van der Waals surface area contributed by atoms with E-state index >= 15 is 0 Å². The number of nitrogens with zero attached hydrogens (tertiary/aromatic N) is 1. The largest absolute Gasteiger partial charge is 0.387 e. The van der Waals surface area contributed by atoms with E-state index in [0.717, 1.165) is 23.0 Å². The molecule has 3 aromatic rings. The summed E-state index contributed by atoms with van der Waals surface area (Å²) in [7, 11) is 1.61. The van der Waals surface area contributed by atoms with Crippen LogP contribution in [0.2, 0.25) is 0 Å². The summed E-state index contributed by atoms with van der Waals surface area (Å²) in [6.07, 6.45) is 0.592. The molecular weight excluding hydrogens is 354 g/mol. The van der Waals surface area contributed by atoms with E-state index in [4.69, 9.17) is 4.74 Å². The van der Waals surface area contributed by atoms with E-state index in [9.17, 15) is 18.7 Å². The van der Waals surface area contributed by atoms with Crippen LogP contribution < -0.4 is 5.32 Å². The summed E-state index contributed by atoms with van der Waals surface area (Å²) >= 11 is 0. The van der Waals surface area contributed by atoms with Gasteiger partial charge in [-0.25, -0.2) is 8.78 Å². The van der Waals surface area contributed by atoms with Crippen molar-refractivity contribution in [3.05, 3.63) is 71.4 Å². The lowest BCUT2D eigenvalue weighted by Gasteiger charge is -2.12. The van der Waals surface area contributed by atoms with Gasteiger partial charge in [0, 0.05) is 37.3 Å². The van der Waals surface area contributed by atoms with Gasteiger partial charge in [0.25, 0.3) is 5.91 Å². The fraction of sp³-hybridized carbons (Fsp3) is 0.250. The van der Waals surface area contributed by atoms with Crippen molar-refractivity contribution < 1.29 is 23.4 Å². The number of fused-ring (bicyclic) bond motifs is 1. The maximum absolute atomic E-state index is 13.3. The van der Waals surface area contributed by atoms with E-state index in [2.05, 4.69) is 5.32 Å². The smallest absolute Gasteiger partial charge is 0.253 e. The number of ether oxygens (including phenoxy) is 1. The lowest BCUT2D eigenvalue weighted by atomic mass is 10.1. The first-order chi connectivity index (χ1) is 13.0. The molecule has 142 valence electrons. The van der Waals surface area contributed by atoms with Crippen LogP contribution in [0.4, 0.5) is 8.78 Å². The highest BCUT2D eigenvalue weighted by molar-refractivity contribution is 6.07. The second-order valence-electron chi connectivity index (χ2n) is 6.15. The van der Waals surface area contributed by atoms with Crippen molar-refractivity contribution in [2.24, 2.45) is 0 Å². The van der Waals surface area contributed by atoms with Crippen LogP contribution >= 0.6 is 0 Å². The molecule has 7 heteroatoms. The molecule has 0 aliphatic carbocycles. The van der Waals surface area contributed by atoms with Gasteiger partial charge in [0.05, 0.1) is 18.3 Å². The van der Waals surface area contributed by atoms with Gasteiger partial charge >= 0.3 is 0 Å².